The average Bonchev–Trinajstić information content (AvgIpc) is 3.46. The van der Waals surface area contributed by atoms with Gasteiger partial charge in [0.25, 0.3) is 0 Å². The van der Waals surface area contributed by atoms with Gasteiger partial charge in [-0.3, -0.25) is 14.8 Å². The zero-order valence-corrected chi connectivity index (χ0v) is 15.3. The van der Waals surface area contributed by atoms with Crippen molar-refractivity contribution in [2.24, 2.45) is 0 Å². The van der Waals surface area contributed by atoms with E-state index < -0.39 is 0 Å². The number of aromatic nitrogens is 2. The van der Waals surface area contributed by atoms with E-state index in [9.17, 15) is 4.79 Å². The smallest absolute Gasteiger partial charge is 0.234 e. The maximum absolute atomic E-state index is 12.4. The van der Waals surface area contributed by atoms with Crippen LogP contribution < -0.4 is 10.1 Å². The zero-order valence-electron chi connectivity index (χ0n) is 15.3. The maximum Gasteiger partial charge on any atom is 0.234 e. The molecule has 0 atom stereocenters. The van der Waals surface area contributed by atoms with Crippen molar-refractivity contribution in [3.05, 3.63) is 46.8 Å². The van der Waals surface area contributed by atoms with Crippen molar-refractivity contribution in [2.75, 3.05) is 26.7 Å². The predicted octanol–water partition coefficient (Wildman–Crippen LogP) is 2.01. The van der Waals surface area contributed by atoms with Crippen LogP contribution in [0.4, 0.5) is 0 Å². The summed E-state index contributed by atoms with van der Waals surface area (Å²) in [4.78, 5) is 14.6. The minimum atomic E-state index is 0.0574. The van der Waals surface area contributed by atoms with Gasteiger partial charge in [-0.05, 0) is 30.9 Å². The summed E-state index contributed by atoms with van der Waals surface area (Å²) in [6.07, 6.45) is 4.46. The number of amides is 1. The van der Waals surface area contributed by atoms with Gasteiger partial charge in [-0.15, -0.1) is 0 Å². The van der Waals surface area contributed by atoms with E-state index in [1.54, 1.807) is 7.11 Å². The second kappa shape index (κ2) is 7.50. The highest BCUT2D eigenvalue weighted by Crippen LogP contribution is 2.41. The molecule has 1 saturated carbocycles. The van der Waals surface area contributed by atoms with Crippen molar-refractivity contribution in [2.45, 2.75) is 38.1 Å². The van der Waals surface area contributed by atoms with Crippen molar-refractivity contribution >= 4 is 5.91 Å². The monoisotopic (exact) mass is 354 g/mol. The number of nitrogens with zero attached hydrogens (tertiary/aromatic N) is 2. The Kier molecular flexibility index (Phi) is 4.93. The van der Waals surface area contributed by atoms with Crippen LogP contribution in [0.3, 0.4) is 0 Å². The van der Waals surface area contributed by atoms with Crippen molar-refractivity contribution < 1.29 is 9.53 Å². The van der Waals surface area contributed by atoms with Gasteiger partial charge in [0.05, 0.1) is 19.3 Å². The predicted molar refractivity (Wildman–Crippen MR) is 99.3 cm³/mol. The summed E-state index contributed by atoms with van der Waals surface area (Å²) >= 11 is 0. The highest BCUT2D eigenvalue weighted by Gasteiger charge is 2.31. The number of benzene rings is 1. The molecule has 2 N–H and O–H groups in total. The number of hydrogen-bond donors (Lipinski definition) is 2. The molecule has 1 amide bonds. The van der Waals surface area contributed by atoms with Crippen LogP contribution in [0.25, 0.3) is 0 Å². The van der Waals surface area contributed by atoms with Gasteiger partial charge in [-0.1, -0.05) is 18.2 Å². The number of carbonyl (C=O) groups excluding carboxylic acids is 1. The molecule has 0 bridgehead atoms. The van der Waals surface area contributed by atoms with Gasteiger partial charge < -0.3 is 10.1 Å². The Morgan fingerprint density at radius 3 is 2.92 bits per heavy atom. The number of para-hydroxylation sites is 1. The standard InChI is InChI=1S/C20H26N4O2/c1-26-18-5-3-2-4-15(18)12-21-19(25)13-24-10-8-16-17(9-11-24)22-23-20(16)14-6-7-14/h2-5,14H,6-13H2,1H3,(H,21,25)(H,22,23). The molecule has 1 aliphatic carbocycles. The number of carbonyl (C=O) groups is 1. The van der Waals surface area contributed by atoms with Crippen molar-refractivity contribution in [1.29, 1.82) is 0 Å². The first kappa shape index (κ1) is 17.1. The molecule has 2 heterocycles. The second-order valence-corrected chi connectivity index (χ2v) is 7.20. The lowest BCUT2D eigenvalue weighted by Gasteiger charge is -2.19. The van der Waals surface area contributed by atoms with E-state index in [1.165, 1.54) is 29.8 Å². The maximum atomic E-state index is 12.4. The SMILES string of the molecule is COc1ccccc1CNC(=O)CN1CCc2[nH]nc(C3CC3)c2CC1. The molecule has 1 aliphatic heterocycles. The summed E-state index contributed by atoms with van der Waals surface area (Å²) in [7, 11) is 1.65. The normalized spacial score (nSPS) is 17.4. The summed E-state index contributed by atoms with van der Waals surface area (Å²) in [5, 5.41) is 10.8. The molecule has 0 unspecified atom stereocenters. The van der Waals surface area contributed by atoms with Gasteiger partial charge in [0.2, 0.25) is 5.91 Å². The van der Waals surface area contributed by atoms with Gasteiger partial charge in [-0.2, -0.15) is 5.10 Å². The molecule has 6 nitrogen and oxygen atoms in total. The Hall–Kier alpha value is -2.34. The number of aromatic amines is 1. The molecule has 26 heavy (non-hydrogen) atoms. The number of fused-ring (bicyclic) bond motifs is 1. The minimum absolute atomic E-state index is 0.0574. The molecule has 0 spiro atoms. The third-order valence-electron chi connectivity index (χ3n) is 5.34. The third-order valence-corrected chi connectivity index (χ3v) is 5.34. The van der Waals surface area contributed by atoms with Gasteiger partial charge in [-0.25, -0.2) is 0 Å². The van der Waals surface area contributed by atoms with E-state index in [0.29, 0.717) is 19.0 Å². The molecule has 2 aliphatic rings. The quantitative estimate of drug-likeness (QED) is 0.833. The topological polar surface area (TPSA) is 70.2 Å². The van der Waals surface area contributed by atoms with Gasteiger partial charge in [0.1, 0.15) is 5.75 Å². The zero-order chi connectivity index (χ0) is 17.9. The van der Waals surface area contributed by atoms with Crippen molar-refractivity contribution in [1.82, 2.24) is 20.4 Å². The first-order valence-electron chi connectivity index (χ1n) is 9.41. The fraction of sp³-hybridized carbons (Fsp3) is 0.500. The number of ether oxygens (including phenoxy) is 1. The fourth-order valence-electron chi connectivity index (χ4n) is 3.71. The molecule has 0 radical (unpaired) electrons. The van der Waals surface area contributed by atoms with Crippen LogP contribution in [0, 0.1) is 0 Å². The van der Waals surface area contributed by atoms with Crippen molar-refractivity contribution in [3.8, 4) is 5.75 Å². The minimum Gasteiger partial charge on any atom is -0.496 e. The van der Waals surface area contributed by atoms with E-state index in [4.69, 9.17) is 4.74 Å². The van der Waals surface area contributed by atoms with Gasteiger partial charge >= 0.3 is 0 Å². The summed E-state index contributed by atoms with van der Waals surface area (Å²) in [5.74, 6) is 1.54. The van der Waals surface area contributed by atoms with Gasteiger partial charge in [0.15, 0.2) is 0 Å². The summed E-state index contributed by atoms with van der Waals surface area (Å²) in [6, 6.07) is 7.78. The largest absolute Gasteiger partial charge is 0.496 e. The molecule has 138 valence electrons. The fourth-order valence-corrected chi connectivity index (χ4v) is 3.71. The molecule has 0 saturated heterocycles. The highest BCUT2D eigenvalue weighted by molar-refractivity contribution is 5.78. The first-order chi connectivity index (χ1) is 12.7. The summed E-state index contributed by atoms with van der Waals surface area (Å²) < 4.78 is 5.34. The molecular weight excluding hydrogens is 328 g/mol. The third kappa shape index (κ3) is 3.75. The van der Waals surface area contributed by atoms with Crippen LogP contribution in [0.5, 0.6) is 5.75 Å². The Balaban J connectivity index is 1.30. The van der Waals surface area contributed by atoms with E-state index >= 15 is 0 Å². The Bertz CT molecular complexity index is 782. The molecule has 6 heteroatoms. The number of methoxy groups -OCH3 is 1. The number of H-pyrrole nitrogens is 1. The van der Waals surface area contributed by atoms with Crippen LogP contribution >= 0.6 is 0 Å². The van der Waals surface area contributed by atoms with E-state index in [2.05, 4.69) is 20.4 Å². The lowest BCUT2D eigenvalue weighted by atomic mass is 10.1. The Morgan fingerprint density at radius 2 is 2.12 bits per heavy atom. The van der Waals surface area contributed by atoms with Crippen LogP contribution in [-0.2, 0) is 24.2 Å². The summed E-state index contributed by atoms with van der Waals surface area (Å²) in [5.41, 5.74) is 4.95. The highest BCUT2D eigenvalue weighted by atomic mass is 16.5. The van der Waals surface area contributed by atoms with Crippen LogP contribution in [0.15, 0.2) is 24.3 Å². The van der Waals surface area contributed by atoms with Crippen molar-refractivity contribution in [3.63, 3.8) is 0 Å². The lowest BCUT2D eigenvalue weighted by molar-refractivity contribution is -0.122. The van der Waals surface area contributed by atoms with Crippen LogP contribution in [0.1, 0.15) is 41.3 Å². The van der Waals surface area contributed by atoms with Crippen LogP contribution in [0.2, 0.25) is 0 Å². The van der Waals surface area contributed by atoms with E-state index in [-0.39, 0.29) is 5.91 Å². The molecule has 1 fully saturated rings. The number of rotatable bonds is 6. The molecule has 1 aromatic carbocycles. The van der Waals surface area contributed by atoms with Gasteiger partial charge in [0, 0.05) is 43.2 Å². The average molecular weight is 354 g/mol. The Labute approximate surface area is 153 Å². The molecule has 4 rings (SSSR count). The lowest BCUT2D eigenvalue weighted by Crippen LogP contribution is -2.38. The second-order valence-electron chi connectivity index (χ2n) is 7.20. The van der Waals surface area contributed by atoms with Crippen LogP contribution in [-0.4, -0.2) is 47.7 Å². The van der Waals surface area contributed by atoms with E-state index in [1.807, 2.05) is 24.3 Å². The number of hydrogen-bond acceptors (Lipinski definition) is 4. The molecule has 2 aromatic rings. The summed E-state index contributed by atoms with van der Waals surface area (Å²) in [6.45, 7) is 2.73. The molecule has 1 aromatic heterocycles. The Morgan fingerprint density at radius 1 is 1.31 bits per heavy atom. The van der Waals surface area contributed by atoms with E-state index in [0.717, 1.165) is 37.2 Å². The number of nitrogens with one attached hydrogen (secondary N) is 2. The first-order valence-corrected chi connectivity index (χ1v) is 9.41. The molecular formula is C20H26N4O2.